The van der Waals surface area contributed by atoms with Crippen molar-refractivity contribution in [3.63, 3.8) is 0 Å². The van der Waals surface area contributed by atoms with Crippen molar-refractivity contribution in [2.45, 2.75) is 50.7 Å². The fraction of sp³-hybridized carbons (Fsp3) is 0.450. The van der Waals surface area contributed by atoms with E-state index in [9.17, 15) is 9.59 Å². The molecule has 0 saturated carbocycles. The van der Waals surface area contributed by atoms with Crippen molar-refractivity contribution in [1.29, 1.82) is 0 Å². The number of carbonyl (C=O) groups is 2. The highest BCUT2D eigenvalue weighted by atomic mass is 16.4. The van der Waals surface area contributed by atoms with E-state index < -0.39 is 5.97 Å². The molecule has 7 nitrogen and oxygen atoms in total. The molecule has 144 valence electrons. The molecule has 2 atom stereocenters. The fourth-order valence-electron chi connectivity index (χ4n) is 3.61. The second kappa shape index (κ2) is 9.21. The molecule has 2 heterocycles. The third kappa shape index (κ3) is 5.57. The number of carboxylic acids is 1. The number of rotatable bonds is 8. The molecule has 1 aliphatic heterocycles. The van der Waals surface area contributed by atoms with Gasteiger partial charge in [0.05, 0.1) is 12.4 Å². The minimum atomic E-state index is -0.846. The molecule has 2 amide bonds. The van der Waals surface area contributed by atoms with Crippen molar-refractivity contribution in [2.75, 3.05) is 6.54 Å². The maximum atomic E-state index is 12.9. The number of likely N-dealkylation sites (tertiary alicyclic amines) is 1. The Morgan fingerprint density at radius 3 is 2.81 bits per heavy atom. The highest BCUT2D eigenvalue weighted by molar-refractivity contribution is 5.75. The molecule has 2 N–H and O–H groups in total. The molecule has 0 bridgehead atoms. The Morgan fingerprint density at radius 1 is 1.30 bits per heavy atom. The van der Waals surface area contributed by atoms with Crippen molar-refractivity contribution in [1.82, 2.24) is 19.8 Å². The number of aromatic nitrogens is 2. The molecule has 27 heavy (non-hydrogen) atoms. The van der Waals surface area contributed by atoms with Crippen LogP contribution in [0.4, 0.5) is 4.79 Å². The van der Waals surface area contributed by atoms with Crippen LogP contribution >= 0.6 is 0 Å². The Hall–Kier alpha value is -2.83. The van der Waals surface area contributed by atoms with Crippen LogP contribution in [0, 0.1) is 0 Å². The summed E-state index contributed by atoms with van der Waals surface area (Å²) >= 11 is 0. The minimum absolute atomic E-state index is 0.0379. The molecule has 1 saturated heterocycles. The van der Waals surface area contributed by atoms with Gasteiger partial charge >= 0.3 is 12.0 Å². The van der Waals surface area contributed by atoms with Crippen molar-refractivity contribution < 1.29 is 14.7 Å². The summed E-state index contributed by atoms with van der Waals surface area (Å²) in [6, 6.07) is 9.67. The first-order valence-electron chi connectivity index (χ1n) is 9.40. The first kappa shape index (κ1) is 18.9. The zero-order chi connectivity index (χ0) is 19.1. The van der Waals surface area contributed by atoms with Crippen molar-refractivity contribution in [3.8, 4) is 0 Å². The number of nitrogens with zero attached hydrogens (tertiary/aromatic N) is 3. The van der Waals surface area contributed by atoms with Gasteiger partial charge in [0.15, 0.2) is 0 Å². The number of benzene rings is 1. The predicted molar refractivity (Wildman–Crippen MR) is 101 cm³/mol. The largest absolute Gasteiger partial charge is 0.481 e. The van der Waals surface area contributed by atoms with Crippen LogP contribution in [0.15, 0.2) is 49.1 Å². The number of nitrogens with one attached hydrogen (secondary N) is 1. The van der Waals surface area contributed by atoms with E-state index in [-0.39, 0.29) is 24.5 Å². The summed E-state index contributed by atoms with van der Waals surface area (Å²) < 4.78 is 1.99. The van der Waals surface area contributed by atoms with Gasteiger partial charge in [-0.05, 0) is 31.2 Å². The van der Waals surface area contributed by atoms with Crippen LogP contribution in [0.5, 0.6) is 0 Å². The van der Waals surface area contributed by atoms with Gasteiger partial charge in [-0.2, -0.15) is 0 Å². The fourth-order valence-corrected chi connectivity index (χ4v) is 3.61. The van der Waals surface area contributed by atoms with Gasteiger partial charge < -0.3 is 19.9 Å². The Bertz CT molecular complexity index is 733. The quantitative estimate of drug-likeness (QED) is 0.747. The van der Waals surface area contributed by atoms with E-state index in [4.69, 9.17) is 5.11 Å². The third-order valence-electron chi connectivity index (χ3n) is 4.98. The van der Waals surface area contributed by atoms with E-state index in [1.54, 1.807) is 12.5 Å². The van der Waals surface area contributed by atoms with Gasteiger partial charge in [-0.3, -0.25) is 4.79 Å². The average molecular weight is 370 g/mol. The lowest BCUT2D eigenvalue weighted by Gasteiger charge is -2.28. The summed E-state index contributed by atoms with van der Waals surface area (Å²) in [6.45, 7) is 1.45. The summed E-state index contributed by atoms with van der Waals surface area (Å²) in [7, 11) is 0. The molecule has 0 spiro atoms. The SMILES string of the molecule is O=C(O)CCC(Cc1ccccc1)NC(=O)N1CCCC1Cn1ccnc1. The van der Waals surface area contributed by atoms with Gasteiger partial charge in [0, 0.05) is 37.9 Å². The van der Waals surface area contributed by atoms with Crippen LogP contribution in [0.3, 0.4) is 0 Å². The van der Waals surface area contributed by atoms with E-state index in [2.05, 4.69) is 10.3 Å². The molecule has 7 heteroatoms. The lowest BCUT2D eigenvalue weighted by Crippen LogP contribution is -2.48. The highest BCUT2D eigenvalue weighted by Crippen LogP contribution is 2.19. The lowest BCUT2D eigenvalue weighted by molar-refractivity contribution is -0.137. The maximum Gasteiger partial charge on any atom is 0.317 e. The van der Waals surface area contributed by atoms with Crippen LogP contribution in [0.1, 0.15) is 31.2 Å². The number of carbonyl (C=O) groups excluding carboxylic acids is 1. The summed E-state index contributed by atoms with van der Waals surface area (Å²) in [5.41, 5.74) is 1.09. The van der Waals surface area contributed by atoms with Crippen LogP contribution < -0.4 is 5.32 Å². The van der Waals surface area contributed by atoms with Crippen LogP contribution in [0.25, 0.3) is 0 Å². The Balaban J connectivity index is 1.62. The molecule has 0 radical (unpaired) electrons. The number of amides is 2. The van der Waals surface area contributed by atoms with E-state index >= 15 is 0 Å². The van der Waals surface area contributed by atoms with Crippen molar-refractivity contribution >= 4 is 12.0 Å². The van der Waals surface area contributed by atoms with Crippen molar-refractivity contribution in [3.05, 3.63) is 54.6 Å². The van der Waals surface area contributed by atoms with E-state index in [0.717, 1.165) is 31.5 Å². The maximum absolute atomic E-state index is 12.9. The summed E-state index contributed by atoms with van der Waals surface area (Å²) in [5.74, 6) is -0.846. The molecule has 1 aliphatic rings. The highest BCUT2D eigenvalue weighted by Gasteiger charge is 2.30. The molecule has 1 fully saturated rings. The summed E-state index contributed by atoms with van der Waals surface area (Å²) in [4.78, 5) is 29.8. The standard InChI is InChI=1S/C20H26N4O3/c25-19(26)9-8-17(13-16-5-2-1-3-6-16)22-20(27)24-11-4-7-18(24)14-23-12-10-21-15-23/h1-3,5-6,10,12,15,17-18H,4,7-9,11,13-14H2,(H,22,27)(H,25,26). The first-order chi connectivity index (χ1) is 13.1. The zero-order valence-electron chi connectivity index (χ0n) is 15.3. The van der Waals surface area contributed by atoms with Gasteiger partial charge in [-0.25, -0.2) is 9.78 Å². The van der Waals surface area contributed by atoms with Gasteiger partial charge in [-0.15, -0.1) is 0 Å². The van der Waals surface area contributed by atoms with Crippen LogP contribution in [-0.4, -0.2) is 50.2 Å². The molecule has 3 rings (SSSR count). The number of carboxylic acid groups (broad SMARTS) is 1. The summed E-state index contributed by atoms with van der Waals surface area (Å²) in [6.07, 6.45) is 8.42. The molecular weight excluding hydrogens is 344 g/mol. The monoisotopic (exact) mass is 370 g/mol. The second-order valence-electron chi connectivity index (χ2n) is 7.02. The lowest BCUT2D eigenvalue weighted by atomic mass is 10.0. The topological polar surface area (TPSA) is 87.5 Å². The van der Waals surface area contributed by atoms with Crippen molar-refractivity contribution in [2.24, 2.45) is 0 Å². The number of imidazole rings is 1. The van der Waals surface area contributed by atoms with E-state index in [0.29, 0.717) is 12.8 Å². The molecule has 1 aromatic heterocycles. The van der Waals surface area contributed by atoms with Crippen LogP contribution in [0.2, 0.25) is 0 Å². The average Bonchev–Trinajstić information content (AvgIpc) is 3.33. The van der Waals surface area contributed by atoms with Gasteiger partial charge in [0.25, 0.3) is 0 Å². The van der Waals surface area contributed by atoms with Crippen LogP contribution in [-0.2, 0) is 17.8 Å². The number of hydrogen-bond donors (Lipinski definition) is 2. The molecule has 1 aromatic carbocycles. The van der Waals surface area contributed by atoms with Gasteiger partial charge in [0.2, 0.25) is 0 Å². The first-order valence-corrected chi connectivity index (χ1v) is 9.40. The van der Waals surface area contributed by atoms with Gasteiger partial charge in [-0.1, -0.05) is 30.3 Å². The number of urea groups is 1. The Labute approximate surface area is 159 Å². The minimum Gasteiger partial charge on any atom is -0.481 e. The normalized spacial score (nSPS) is 17.6. The zero-order valence-corrected chi connectivity index (χ0v) is 15.3. The van der Waals surface area contributed by atoms with E-state index in [1.807, 2.05) is 46.0 Å². The summed E-state index contributed by atoms with van der Waals surface area (Å²) in [5, 5.41) is 12.1. The van der Waals surface area contributed by atoms with E-state index in [1.165, 1.54) is 0 Å². The molecule has 0 aliphatic carbocycles. The number of hydrogen-bond acceptors (Lipinski definition) is 3. The van der Waals surface area contributed by atoms with Gasteiger partial charge in [0.1, 0.15) is 0 Å². The third-order valence-corrected chi connectivity index (χ3v) is 4.98. The Morgan fingerprint density at radius 2 is 2.11 bits per heavy atom. The predicted octanol–water partition coefficient (Wildman–Crippen LogP) is 2.53. The molecule has 2 unspecified atom stereocenters. The Kier molecular flexibility index (Phi) is 6.46. The molecule has 2 aromatic rings. The smallest absolute Gasteiger partial charge is 0.317 e. The number of aliphatic carboxylic acids is 1. The molecular formula is C20H26N4O3. The second-order valence-corrected chi connectivity index (χ2v) is 7.02.